The summed E-state index contributed by atoms with van der Waals surface area (Å²) in [5, 5.41) is 0. The van der Waals surface area contributed by atoms with E-state index in [9.17, 15) is 4.79 Å². The van der Waals surface area contributed by atoms with Gasteiger partial charge in [0.2, 0.25) is 0 Å². The highest BCUT2D eigenvalue weighted by atomic mass is 32.1. The standard InChI is InChI=1S/C19H14N2OS/c1-13(11-14-7-3-2-4-8-14)12-17-18(22)21-16-10-6-5-9-15(16)20-19(21)23-17/h2-12H,1H3/b13-11?,17-12-. The SMILES string of the molecule is CC(=Cc1ccccc1)/C=c1\sc2nc3ccccc3n2c1=O. The van der Waals surface area contributed by atoms with E-state index in [-0.39, 0.29) is 5.56 Å². The molecule has 4 rings (SSSR count). The van der Waals surface area contributed by atoms with Crippen LogP contribution < -0.4 is 10.1 Å². The number of nitrogens with zero attached hydrogens (tertiary/aromatic N) is 2. The summed E-state index contributed by atoms with van der Waals surface area (Å²) < 4.78 is 2.41. The smallest absolute Gasteiger partial charge is 0.267 e. The number of para-hydroxylation sites is 2. The minimum Gasteiger partial charge on any atom is -0.267 e. The van der Waals surface area contributed by atoms with E-state index < -0.39 is 0 Å². The van der Waals surface area contributed by atoms with Gasteiger partial charge in [-0.2, -0.15) is 0 Å². The van der Waals surface area contributed by atoms with Crippen molar-refractivity contribution in [3.05, 3.63) is 80.6 Å². The number of hydrogen-bond acceptors (Lipinski definition) is 3. The first kappa shape index (κ1) is 13.9. The van der Waals surface area contributed by atoms with E-state index in [0.717, 1.165) is 27.1 Å². The van der Waals surface area contributed by atoms with Crippen molar-refractivity contribution >= 4 is 39.5 Å². The molecule has 0 bridgehead atoms. The van der Waals surface area contributed by atoms with Crippen molar-refractivity contribution in [1.29, 1.82) is 0 Å². The minimum absolute atomic E-state index is 0.000452. The van der Waals surface area contributed by atoms with E-state index in [1.807, 2.05) is 67.6 Å². The Morgan fingerprint density at radius 2 is 1.83 bits per heavy atom. The highest BCUT2D eigenvalue weighted by molar-refractivity contribution is 7.15. The van der Waals surface area contributed by atoms with Crippen molar-refractivity contribution in [3.63, 3.8) is 0 Å². The number of rotatable bonds is 2. The van der Waals surface area contributed by atoms with Crippen molar-refractivity contribution in [2.45, 2.75) is 6.92 Å². The van der Waals surface area contributed by atoms with Crippen LogP contribution >= 0.6 is 11.3 Å². The van der Waals surface area contributed by atoms with E-state index in [4.69, 9.17) is 0 Å². The number of aromatic nitrogens is 2. The van der Waals surface area contributed by atoms with Crippen LogP contribution in [0.3, 0.4) is 0 Å². The highest BCUT2D eigenvalue weighted by Gasteiger charge is 2.10. The van der Waals surface area contributed by atoms with E-state index in [1.165, 1.54) is 11.3 Å². The first-order chi connectivity index (χ1) is 11.2. The Morgan fingerprint density at radius 3 is 2.65 bits per heavy atom. The lowest BCUT2D eigenvalue weighted by molar-refractivity contribution is 1.19. The van der Waals surface area contributed by atoms with Gasteiger partial charge in [0, 0.05) is 0 Å². The molecule has 2 heterocycles. The van der Waals surface area contributed by atoms with Crippen molar-refractivity contribution in [2.75, 3.05) is 0 Å². The second kappa shape index (κ2) is 5.48. The zero-order valence-corrected chi connectivity index (χ0v) is 13.4. The molecular weight excluding hydrogens is 304 g/mol. The van der Waals surface area contributed by atoms with Gasteiger partial charge in [-0.15, -0.1) is 0 Å². The summed E-state index contributed by atoms with van der Waals surface area (Å²) in [6.45, 7) is 2.01. The summed E-state index contributed by atoms with van der Waals surface area (Å²) in [5.74, 6) is 0. The molecule has 0 saturated heterocycles. The normalized spacial score (nSPS) is 13.3. The van der Waals surface area contributed by atoms with Gasteiger partial charge in [-0.3, -0.25) is 4.79 Å². The quantitative estimate of drug-likeness (QED) is 0.567. The van der Waals surface area contributed by atoms with Crippen LogP contribution in [0, 0.1) is 0 Å². The van der Waals surface area contributed by atoms with E-state index in [2.05, 4.69) is 11.1 Å². The fraction of sp³-hybridized carbons (Fsp3) is 0.0526. The molecule has 2 aromatic carbocycles. The Hall–Kier alpha value is -2.72. The molecular formula is C19H14N2OS. The molecule has 3 nitrogen and oxygen atoms in total. The molecule has 23 heavy (non-hydrogen) atoms. The summed E-state index contributed by atoms with van der Waals surface area (Å²) in [4.78, 5) is 17.9. The molecule has 0 aliphatic carbocycles. The molecule has 0 fully saturated rings. The average Bonchev–Trinajstić information content (AvgIpc) is 3.05. The van der Waals surface area contributed by atoms with Crippen molar-refractivity contribution in [2.24, 2.45) is 0 Å². The van der Waals surface area contributed by atoms with Gasteiger partial charge in [-0.1, -0.05) is 59.9 Å². The largest absolute Gasteiger partial charge is 0.274 e. The number of fused-ring (bicyclic) bond motifs is 3. The molecule has 0 spiro atoms. The number of benzene rings is 2. The Morgan fingerprint density at radius 1 is 1.09 bits per heavy atom. The van der Waals surface area contributed by atoms with E-state index >= 15 is 0 Å². The fourth-order valence-electron chi connectivity index (χ4n) is 2.67. The molecule has 0 atom stereocenters. The maximum Gasteiger partial charge on any atom is 0.274 e. The lowest BCUT2D eigenvalue weighted by Gasteiger charge is -1.93. The molecule has 2 aromatic heterocycles. The molecule has 4 aromatic rings. The summed E-state index contributed by atoms with van der Waals surface area (Å²) in [6.07, 6.45) is 4.00. The van der Waals surface area contributed by atoms with E-state index in [0.29, 0.717) is 4.53 Å². The number of imidazole rings is 1. The first-order valence-electron chi connectivity index (χ1n) is 7.37. The van der Waals surface area contributed by atoms with Crippen molar-refractivity contribution in [1.82, 2.24) is 9.38 Å². The molecule has 0 radical (unpaired) electrons. The molecule has 0 N–H and O–H groups in total. The number of thiazole rings is 1. The molecule has 0 aliphatic heterocycles. The minimum atomic E-state index is -0.000452. The van der Waals surface area contributed by atoms with Crippen LogP contribution in [0.5, 0.6) is 0 Å². The third-order valence-corrected chi connectivity index (χ3v) is 4.67. The maximum atomic E-state index is 12.7. The third kappa shape index (κ3) is 2.47. The summed E-state index contributed by atoms with van der Waals surface area (Å²) >= 11 is 1.43. The van der Waals surface area contributed by atoms with Gasteiger partial charge in [-0.05, 0) is 36.3 Å². The Labute approximate surface area is 136 Å². The van der Waals surface area contributed by atoms with Gasteiger partial charge in [0.1, 0.15) is 0 Å². The monoisotopic (exact) mass is 318 g/mol. The van der Waals surface area contributed by atoms with E-state index in [1.54, 1.807) is 4.40 Å². The zero-order valence-electron chi connectivity index (χ0n) is 12.6. The predicted molar refractivity (Wildman–Crippen MR) is 96.6 cm³/mol. The van der Waals surface area contributed by atoms with Crippen LogP contribution in [0.15, 0.2) is 65.0 Å². The molecule has 112 valence electrons. The lowest BCUT2D eigenvalue weighted by Crippen LogP contribution is -2.22. The van der Waals surface area contributed by atoms with Crippen LogP contribution in [0.1, 0.15) is 12.5 Å². The fourth-order valence-corrected chi connectivity index (χ4v) is 3.71. The van der Waals surface area contributed by atoms with Crippen LogP contribution in [-0.2, 0) is 0 Å². The summed E-state index contributed by atoms with van der Waals surface area (Å²) in [5.41, 5.74) is 3.90. The molecule has 0 saturated carbocycles. The molecule has 0 unspecified atom stereocenters. The highest BCUT2D eigenvalue weighted by Crippen LogP contribution is 2.15. The summed E-state index contributed by atoms with van der Waals surface area (Å²) in [6, 6.07) is 17.8. The zero-order chi connectivity index (χ0) is 15.8. The molecule has 0 aliphatic rings. The van der Waals surface area contributed by atoms with Gasteiger partial charge in [0.15, 0.2) is 4.96 Å². The Bertz CT molecular complexity index is 1140. The molecule has 4 heteroatoms. The van der Waals surface area contributed by atoms with Gasteiger partial charge in [0.25, 0.3) is 5.56 Å². The number of hydrogen-bond donors (Lipinski definition) is 0. The van der Waals surface area contributed by atoms with Crippen molar-refractivity contribution < 1.29 is 0 Å². The maximum absolute atomic E-state index is 12.7. The Kier molecular flexibility index (Phi) is 3.32. The van der Waals surface area contributed by atoms with Gasteiger partial charge in [-0.25, -0.2) is 9.38 Å². The van der Waals surface area contributed by atoms with Gasteiger partial charge in [0.05, 0.1) is 15.6 Å². The van der Waals surface area contributed by atoms with Crippen LogP contribution in [0.25, 0.3) is 28.1 Å². The molecule has 0 amide bonds. The van der Waals surface area contributed by atoms with Crippen LogP contribution in [-0.4, -0.2) is 9.38 Å². The number of allylic oxidation sites excluding steroid dienone is 1. The van der Waals surface area contributed by atoms with Crippen LogP contribution in [0.2, 0.25) is 0 Å². The van der Waals surface area contributed by atoms with Crippen molar-refractivity contribution in [3.8, 4) is 0 Å². The van der Waals surface area contributed by atoms with Crippen LogP contribution in [0.4, 0.5) is 0 Å². The topological polar surface area (TPSA) is 34.4 Å². The third-order valence-electron chi connectivity index (χ3n) is 3.70. The second-order valence-corrected chi connectivity index (χ2v) is 6.44. The van der Waals surface area contributed by atoms with Gasteiger partial charge >= 0.3 is 0 Å². The predicted octanol–water partition coefficient (Wildman–Crippen LogP) is 3.51. The average molecular weight is 318 g/mol. The summed E-state index contributed by atoms with van der Waals surface area (Å²) in [7, 11) is 0. The Balaban J connectivity index is 1.87. The first-order valence-corrected chi connectivity index (χ1v) is 8.19. The second-order valence-electron chi connectivity index (χ2n) is 5.43. The lowest BCUT2D eigenvalue weighted by atomic mass is 10.1. The van der Waals surface area contributed by atoms with Gasteiger partial charge < -0.3 is 0 Å².